The van der Waals surface area contributed by atoms with Gasteiger partial charge >= 0.3 is 0 Å². The molecule has 1 aliphatic heterocycles. The summed E-state index contributed by atoms with van der Waals surface area (Å²) in [6, 6.07) is 10.3. The number of hydrogen-bond donors (Lipinski definition) is 1. The molecule has 1 N–H and O–H groups in total. The number of aromatic nitrogens is 2. The molecule has 33 heavy (non-hydrogen) atoms. The van der Waals surface area contributed by atoms with Crippen molar-refractivity contribution >= 4 is 33.0 Å². The molecular formula is C22H23N5O4S2. The molecule has 0 saturated carbocycles. The molecule has 1 unspecified atom stereocenters. The number of nitrogens with zero attached hydrogens (tertiary/aromatic N) is 4. The topological polar surface area (TPSA) is 129 Å². The SMILES string of the molecule is CCc1nc(-c2cc(S(=O)(=O)N3CCCC(C(=O)Nc4cccc(C#N)c4)C3)c(C)s2)no1. The van der Waals surface area contributed by atoms with Crippen molar-refractivity contribution in [3.8, 4) is 16.8 Å². The normalized spacial score (nSPS) is 16.9. The second kappa shape index (κ2) is 9.43. The number of carbonyl (C=O) groups is 1. The molecular weight excluding hydrogens is 462 g/mol. The molecule has 9 nitrogen and oxygen atoms in total. The lowest BCUT2D eigenvalue weighted by Gasteiger charge is -2.31. The third kappa shape index (κ3) is 4.83. The molecule has 0 spiro atoms. The van der Waals surface area contributed by atoms with Gasteiger partial charge in [0.25, 0.3) is 0 Å². The third-order valence-electron chi connectivity index (χ3n) is 5.50. The quantitative estimate of drug-likeness (QED) is 0.565. The molecule has 1 amide bonds. The molecule has 0 aliphatic carbocycles. The Morgan fingerprint density at radius 3 is 2.94 bits per heavy atom. The van der Waals surface area contributed by atoms with Crippen LogP contribution in [0, 0.1) is 24.2 Å². The number of carbonyl (C=O) groups excluding carboxylic acids is 1. The van der Waals surface area contributed by atoms with Crippen LogP contribution in [0.3, 0.4) is 0 Å². The fourth-order valence-electron chi connectivity index (χ4n) is 3.75. The highest BCUT2D eigenvalue weighted by Crippen LogP contribution is 2.35. The molecule has 1 aromatic carbocycles. The Balaban J connectivity index is 1.51. The molecule has 1 fully saturated rings. The first-order valence-corrected chi connectivity index (χ1v) is 12.8. The third-order valence-corrected chi connectivity index (χ3v) is 8.66. The number of rotatable bonds is 6. The highest BCUT2D eigenvalue weighted by Gasteiger charge is 2.35. The molecule has 0 bridgehead atoms. The lowest BCUT2D eigenvalue weighted by molar-refractivity contribution is -0.120. The molecule has 4 rings (SSSR count). The molecule has 11 heteroatoms. The minimum atomic E-state index is -3.79. The van der Waals surface area contributed by atoms with Gasteiger partial charge in [-0.2, -0.15) is 14.6 Å². The van der Waals surface area contributed by atoms with Gasteiger partial charge in [0.05, 0.1) is 27.3 Å². The van der Waals surface area contributed by atoms with E-state index in [2.05, 4.69) is 15.5 Å². The minimum absolute atomic E-state index is 0.0962. The predicted octanol–water partition coefficient (Wildman–Crippen LogP) is 3.58. The fraction of sp³-hybridized carbons (Fsp3) is 0.364. The molecule has 1 aliphatic rings. The standard InChI is InChI=1S/C22H23N5O4S2/c1-3-20-25-21(26-31-20)18-11-19(14(2)32-18)33(29,30)27-9-5-7-16(13-27)22(28)24-17-8-4-6-15(10-17)12-23/h4,6,8,10-11,16H,3,5,7,9,13H2,1-2H3,(H,24,28). The first-order chi connectivity index (χ1) is 15.8. The maximum Gasteiger partial charge on any atom is 0.244 e. The Hall–Kier alpha value is -3.07. The maximum absolute atomic E-state index is 13.4. The lowest BCUT2D eigenvalue weighted by atomic mass is 9.98. The number of hydrogen-bond acceptors (Lipinski definition) is 8. The second-order valence-electron chi connectivity index (χ2n) is 7.78. The Morgan fingerprint density at radius 1 is 1.39 bits per heavy atom. The van der Waals surface area contributed by atoms with Crippen LogP contribution in [0.5, 0.6) is 0 Å². The summed E-state index contributed by atoms with van der Waals surface area (Å²) in [5, 5.41) is 15.8. The first kappa shape index (κ1) is 23.1. The molecule has 0 radical (unpaired) electrons. The van der Waals surface area contributed by atoms with E-state index in [-0.39, 0.29) is 17.3 Å². The summed E-state index contributed by atoms with van der Waals surface area (Å²) in [6.45, 7) is 4.09. The summed E-state index contributed by atoms with van der Waals surface area (Å²) in [6.07, 6.45) is 1.77. The Labute approximate surface area is 196 Å². The predicted molar refractivity (Wildman–Crippen MR) is 123 cm³/mol. The van der Waals surface area contributed by atoms with E-state index in [0.29, 0.717) is 58.5 Å². The van der Waals surface area contributed by atoms with Crippen LogP contribution in [0.1, 0.15) is 36.1 Å². The summed E-state index contributed by atoms with van der Waals surface area (Å²) < 4.78 is 33.4. The molecule has 1 atom stereocenters. The zero-order valence-electron chi connectivity index (χ0n) is 18.2. The zero-order chi connectivity index (χ0) is 23.6. The summed E-state index contributed by atoms with van der Waals surface area (Å²) in [7, 11) is -3.79. The number of sulfonamides is 1. The van der Waals surface area contributed by atoms with Crippen LogP contribution in [-0.2, 0) is 21.2 Å². The maximum atomic E-state index is 13.4. The average Bonchev–Trinajstić information content (AvgIpc) is 3.46. The van der Waals surface area contributed by atoms with Gasteiger partial charge in [0.1, 0.15) is 0 Å². The number of anilines is 1. The largest absolute Gasteiger partial charge is 0.339 e. The van der Waals surface area contributed by atoms with E-state index in [4.69, 9.17) is 9.78 Å². The summed E-state index contributed by atoms with van der Waals surface area (Å²) in [5.74, 6) is 0.121. The lowest BCUT2D eigenvalue weighted by Crippen LogP contribution is -2.43. The minimum Gasteiger partial charge on any atom is -0.339 e. The molecule has 172 valence electrons. The highest BCUT2D eigenvalue weighted by atomic mass is 32.2. The van der Waals surface area contributed by atoms with Gasteiger partial charge in [-0.15, -0.1) is 11.3 Å². The van der Waals surface area contributed by atoms with Crippen molar-refractivity contribution in [3.63, 3.8) is 0 Å². The van der Waals surface area contributed by atoms with E-state index < -0.39 is 15.9 Å². The monoisotopic (exact) mass is 485 g/mol. The number of piperidine rings is 1. The number of aryl methyl sites for hydroxylation is 2. The Bertz CT molecular complexity index is 1320. The van der Waals surface area contributed by atoms with Gasteiger partial charge in [-0.3, -0.25) is 4.79 Å². The van der Waals surface area contributed by atoms with Crippen molar-refractivity contribution in [2.45, 2.75) is 38.0 Å². The molecule has 1 saturated heterocycles. The van der Waals surface area contributed by atoms with Gasteiger partial charge < -0.3 is 9.84 Å². The molecule has 2 aromatic heterocycles. The number of thiophene rings is 1. The smallest absolute Gasteiger partial charge is 0.244 e. The van der Waals surface area contributed by atoms with E-state index in [0.717, 1.165) is 0 Å². The van der Waals surface area contributed by atoms with Crippen molar-refractivity contribution in [2.24, 2.45) is 5.92 Å². The van der Waals surface area contributed by atoms with Crippen LogP contribution in [0.2, 0.25) is 0 Å². The van der Waals surface area contributed by atoms with E-state index in [1.807, 2.05) is 13.0 Å². The number of nitrogens with one attached hydrogen (secondary N) is 1. The van der Waals surface area contributed by atoms with Crippen LogP contribution in [-0.4, -0.2) is 41.9 Å². The van der Waals surface area contributed by atoms with Crippen molar-refractivity contribution in [1.82, 2.24) is 14.4 Å². The van der Waals surface area contributed by atoms with Crippen molar-refractivity contribution in [3.05, 3.63) is 46.7 Å². The Kier molecular flexibility index (Phi) is 6.60. The molecule has 3 aromatic rings. The first-order valence-electron chi connectivity index (χ1n) is 10.6. The van der Waals surface area contributed by atoms with E-state index in [1.54, 1.807) is 37.3 Å². The van der Waals surface area contributed by atoms with Crippen molar-refractivity contribution < 1.29 is 17.7 Å². The highest BCUT2D eigenvalue weighted by molar-refractivity contribution is 7.89. The van der Waals surface area contributed by atoms with Crippen molar-refractivity contribution in [1.29, 1.82) is 5.26 Å². The summed E-state index contributed by atoms with van der Waals surface area (Å²) >= 11 is 1.30. The van der Waals surface area contributed by atoms with Gasteiger partial charge in [-0.1, -0.05) is 18.1 Å². The van der Waals surface area contributed by atoms with Gasteiger partial charge in [-0.25, -0.2) is 8.42 Å². The van der Waals surface area contributed by atoms with Gasteiger partial charge in [0, 0.05) is 30.1 Å². The number of nitriles is 1. The van der Waals surface area contributed by atoms with Crippen LogP contribution >= 0.6 is 11.3 Å². The summed E-state index contributed by atoms with van der Waals surface area (Å²) in [5.41, 5.74) is 0.959. The van der Waals surface area contributed by atoms with E-state index >= 15 is 0 Å². The van der Waals surface area contributed by atoms with Crippen LogP contribution in [0.4, 0.5) is 5.69 Å². The molecule has 3 heterocycles. The number of benzene rings is 1. The van der Waals surface area contributed by atoms with E-state index in [9.17, 15) is 13.2 Å². The van der Waals surface area contributed by atoms with Crippen molar-refractivity contribution in [2.75, 3.05) is 18.4 Å². The van der Waals surface area contributed by atoms with Crippen LogP contribution < -0.4 is 5.32 Å². The summed E-state index contributed by atoms with van der Waals surface area (Å²) in [4.78, 5) is 18.6. The number of amides is 1. The van der Waals surface area contributed by atoms with E-state index in [1.165, 1.54) is 15.6 Å². The van der Waals surface area contributed by atoms with Crippen LogP contribution in [0.25, 0.3) is 10.7 Å². The zero-order valence-corrected chi connectivity index (χ0v) is 19.9. The van der Waals surface area contributed by atoms with Gasteiger partial charge in [-0.05, 0) is 44.0 Å². The fourth-order valence-corrected chi connectivity index (χ4v) is 6.76. The average molecular weight is 486 g/mol. The Morgan fingerprint density at radius 2 is 2.21 bits per heavy atom. The van der Waals surface area contributed by atoms with Gasteiger partial charge in [0.2, 0.25) is 27.6 Å². The van der Waals surface area contributed by atoms with Crippen LogP contribution in [0.15, 0.2) is 39.8 Å². The van der Waals surface area contributed by atoms with Gasteiger partial charge in [0.15, 0.2) is 0 Å². The second-order valence-corrected chi connectivity index (χ2v) is 10.9.